The van der Waals surface area contributed by atoms with Crippen LogP contribution >= 0.6 is 0 Å². The lowest BCUT2D eigenvalue weighted by Gasteiger charge is -2.12. The van der Waals surface area contributed by atoms with Crippen molar-refractivity contribution in [2.45, 2.75) is 6.54 Å². The molecule has 0 saturated carbocycles. The molecule has 2 N–H and O–H groups in total. The molecule has 0 atom stereocenters. The molecule has 11 heavy (non-hydrogen) atoms. The van der Waals surface area contributed by atoms with Gasteiger partial charge >= 0.3 is 0 Å². The molecule has 0 aromatic carbocycles. The van der Waals surface area contributed by atoms with E-state index in [1.165, 1.54) is 0 Å². The summed E-state index contributed by atoms with van der Waals surface area (Å²) in [4.78, 5) is 2.12. The van der Waals surface area contributed by atoms with E-state index in [4.69, 9.17) is 10.2 Å². The molecule has 1 heterocycles. The Labute approximate surface area is 66.8 Å². The van der Waals surface area contributed by atoms with Crippen LogP contribution in [0, 0.1) is 0 Å². The zero-order chi connectivity index (χ0) is 8.10. The van der Waals surface area contributed by atoms with Crippen LogP contribution in [0.25, 0.3) is 0 Å². The first kappa shape index (κ1) is 8.30. The van der Waals surface area contributed by atoms with Crippen molar-refractivity contribution >= 4 is 0 Å². The van der Waals surface area contributed by atoms with Gasteiger partial charge in [-0.3, -0.25) is 4.90 Å². The summed E-state index contributed by atoms with van der Waals surface area (Å²) in [6.07, 6.45) is 1.69. The zero-order valence-corrected chi connectivity index (χ0v) is 6.79. The molecule has 1 rings (SSSR count). The van der Waals surface area contributed by atoms with Gasteiger partial charge in [-0.2, -0.15) is 0 Å². The summed E-state index contributed by atoms with van der Waals surface area (Å²) >= 11 is 0. The smallest absolute Gasteiger partial charge is 0.117 e. The van der Waals surface area contributed by atoms with Crippen molar-refractivity contribution in [3.8, 4) is 0 Å². The minimum absolute atomic E-state index is 0.692. The predicted molar refractivity (Wildman–Crippen MR) is 44.1 cm³/mol. The largest absolute Gasteiger partial charge is 0.468 e. The molecule has 0 amide bonds. The monoisotopic (exact) mass is 154 g/mol. The van der Waals surface area contributed by atoms with Crippen molar-refractivity contribution in [2.75, 3.05) is 20.1 Å². The molecule has 3 nitrogen and oxygen atoms in total. The van der Waals surface area contributed by atoms with Gasteiger partial charge in [-0.15, -0.1) is 0 Å². The van der Waals surface area contributed by atoms with Crippen LogP contribution in [0.4, 0.5) is 0 Å². The fourth-order valence-corrected chi connectivity index (χ4v) is 0.968. The Morgan fingerprint density at radius 3 is 3.00 bits per heavy atom. The normalized spacial score (nSPS) is 10.8. The van der Waals surface area contributed by atoms with E-state index in [9.17, 15) is 0 Å². The summed E-state index contributed by atoms with van der Waals surface area (Å²) in [6, 6.07) is 3.86. The van der Waals surface area contributed by atoms with Gasteiger partial charge in [0, 0.05) is 13.1 Å². The van der Waals surface area contributed by atoms with Crippen LogP contribution in [-0.4, -0.2) is 25.0 Å². The minimum atomic E-state index is 0.692. The van der Waals surface area contributed by atoms with Crippen molar-refractivity contribution < 1.29 is 4.42 Å². The minimum Gasteiger partial charge on any atom is -0.468 e. The first-order valence-electron chi connectivity index (χ1n) is 3.74. The number of nitrogens with two attached hydrogens (primary N) is 1. The van der Waals surface area contributed by atoms with Gasteiger partial charge in [-0.25, -0.2) is 0 Å². The molecule has 0 aliphatic carbocycles. The molecular weight excluding hydrogens is 140 g/mol. The number of nitrogens with zero attached hydrogens (tertiary/aromatic N) is 1. The highest BCUT2D eigenvalue weighted by molar-refractivity contribution is 4.97. The second-order valence-corrected chi connectivity index (χ2v) is 2.61. The summed E-state index contributed by atoms with van der Waals surface area (Å²) in [7, 11) is 2.02. The standard InChI is InChI=1S/C8H14N2O/c1-10(5-4-9)7-8-3-2-6-11-8/h2-3,6H,4-5,7,9H2,1H3. The quantitative estimate of drug-likeness (QED) is 0.693. The second-order valence-electron chi connectivity index (χ2n) is 2.61. The maximum atomic E-state index is 5.39. The van der Waals surface area contributed by atoms with Crippen molar-refractivity contribution in [1.82, 2.24) is 4.90 Å². The number of hydrogen-bond acceptors (Lipinski definition) is 3. The Hall–Kier alpha value is -0.800. The second kappa shape index (κ2) is 4.16. The van der Waals surface area contributed by atoms with Crippen LogP contribution in [0.15, 0.2) is 22.8 Å². The summed E-state index contributed by atoms with van der Waals surface area (Å²) in [6.45, 7) is 2.43. The Bertz CT molecular complexity index is 184. The molecule has 62 valence electrons. The lowest BCUT2D eigenvalue weighted by atomic mass is 10.4. The number of hydrogen-bond donors (Lipinski definition) is 1. The van der Waals surface area contributed by atoms with E-state index in [1.807, 2.05) is 19.2 Å². The predicted octanol–water partition coefficient (Wildman–Crippen LogP) is 0.670. The molecular formula is C8H14N2O. The first-order valence-corrected chi connectivity index (χ1v) is 3.74. The van der Waals surface area contributed by atoms with Gasteiger partial charge in [0.15, 0.2) is 0 Å². The summed E-state index contributed by atoms with van der Waals surface area (Å²) < 4.78 is 5.17. The van der Waals surface area contributed by atoms with E-state index in [-0.39, 0.29) is 0 Å². The van der Waals surface area contributed by atoms with Crippen LogP contribution in [-0.2, 0) is 6.54 Å². The molecule has 0 saturated heterocycles. The van der Waals surface area contributed by atoms with Crippen molar-refractivity contribution in [1.29, 1.82) is 0 Å². The average molecular weight is 154 g/mol. The molecule has 3 heteroatoms. The molecule has 0 spiro atoms. The number of furan rings is 1. The first-order chi connectivity index (χ1) is 5.33. The molecule has 0 bridgehead atoms. The van der Waals surface area contributed by atoms with E-state index in [0.29, 0.717) is 6.54 Å². The molecule has 1 aromatic heterocycles. The molecule has 1 aromatic rings. The summed E-state index contributed by atoms with van der Waals surface area (Å²) in [5.74, 6) is 0.987. The molecule has 0 aliphatic rings. The number of likely N-dealkylation sites (N-methyl/N-ethyl adjacent to an activating group) is 1. The lowest BCUT2D eigenvalue weighted by Crippen LogP contribution is -2.24. The third-order valence-corrected chi connectivity index (χ3v) is 1.52. The molecule has 0 aliphatic heterocycles. The average Bonchev–Trinajstić information content (AvgIpc) is 2.40. The van der Waals surface area contributed by atoms with Crippen LogP contribution < -0.4 is 5.73 Å². The van der Waals surface area contributed by atoms with Crippen molar-refractivity contribution in [3.05, 3.63) is 24.2 Å². The maximum Gasteiger partial charge on any atom is 0.117 e. The summed E-state index contributed by atoms with van der Waals surface area (Å²) in [5.41, 5.74) is 5.39. The zero-order valence-electron chi connectivity index (χ0n) is 6.79. The van der Waals surface area contributed by atoms with E-state index in [1.54, 1.807) is 6.26 Å². The highest BCUT2D eigenvalue weighted by Crippen LogP contribution is 2.02. The number of rotatable bonds is 4. The highest BCUT2D eigenvalue weighted by atomic mass is 16.3. The Kier molecular flexibility index (Phi) is 3.14. The Morgan fingerprint density at radius 2 is 2.45 bits per heavy atom. The summed E-state index contributed by atoms with van der Waals surface area (Å²) in [5, 5.41) is 0. The van der Waals surface area contributed by atoms with Gasteiger partial charge in [0.2, 0.25) is 0 Å². The van der Waals surface area contributed by atoms with E-state index in [2.05, 4.69) is 4.90 Å². The highest BCUT2D eigenvalue weighted by Gasteiger charge is 1.99. The van der Waals surface area contributed by atoms with Crippen molar-refractivity contribution in [2.24, 2.45) is 5.73 Å². The maximum absolute atomic E-state index is 5.39. The van der Waals surface area contributed by atoms with Crippen LogP contribution in [0.5, 0.6) is 0 Å². The lowest BCUT2D eigenvalue weighted by molar-refractivity contribution is 0.302. The SMILES string of the molecule is CN(CCN)Cc1ccco1. The van der Waals surface area contributed by atoms with Gasteiger partial charge in [-0.05, 0) is 19.2 Å². The molecule has 0 radical (unpaired) electrons. The van der Waals surface area contributed by atoms with Gasteiger partial charge in [-0.1, -0.05) is 0 Å². The van der Waals surface area contributed by atoms with Gasteiger partial charge in [0.05, 0.1) is 12.8 Å². The van der Waals surface area contributed by atoms with Crippen LogP contribution in [0.1, 0.15) is 5.76 Å². The van der Waals surface area contributed by atoms with Crippen molar-refractivity contribution in [3.63, 3.8) is 0 Å². The fourth-order valence-electron chi connectivity index (χ4n) is 0.968. The van der Waals surface area contributed by atoms with Gasteiger partial charge in [0.25, 0.3) is 0 Å². The van der Waals surface area contributed by atoms with Gasteiger partial charge in [0.1, 0.15) is 5.76 Å². The van der Waals surface area contributed by atoms with Crippen LogP contribution in [0.3, 0.4) is 0 Å². The molecule has 0 unspecified atom stereocenters. The van der Waals surface area contributed by atoms with Crippen LogP contribution in [0.2, 0.25) is 0 Å². The third kappa shape index (κ3) is 2.74. The topological polar surface area (TPSA) is 42.4 Å². The van der Waals surface area contributed by atoms with Gasteiger partial charge < -0.3 is 10.2 Å². The third-order valence-electron chi connectivity index (χ3n) is 1.52. The molecule has 0 fully saturated rings. The van der Waals surface area contributed by atoms with E-state index < -0.39 is 0 Å². The fraction of sp³-hybridized carbons (Fsp3) is 0.500. The van der Waals surface area contributed by atoms with E-state index in [0.717, 1.165) is 18.8 Å². The Morgan fingerprint density at radius 1 is 1.64 bits per heavy atom. The Balaban J connectivity index is 2.31. The van der Waals surface area contributed by atoms with E-state index >= 15 is 0 Å².